The van der Waals surface area contributed by atoms with Gasteiger partial charge in [0.05, 0.1) is 20.6 Å². The molecule has 0 spiro atoms. The van der Waals surface area contributed by atoms with Crippen molar-refractivity contribution in [1.82, 2.24) is 0 Å². The topological polar surface area (TPSA) is 86.7 Å². The highest BCUT2D eigenvalue weighted by Crippen LogP contribution is 2.42. The third-order valence-electron chi connectivity index (χ3n) is 5.95. The molecule has 2 unspecified atom stereocenters. The normalized spacial score (nSPS) is 23.0. The van der Waals surface area contributed by atoms with Crippen LogP contribution in [0.3, 0.4) is 0 Å². The van der Waals surface area contributed by atoms with Crippen LogP contribution in [0.15, 0.2) is 30.3 Å². The fourth-order valence-corrected chi connectivity index (χ4v) is 4.32. The molecule has 1 saturated heterocycles. The van der Waals surface area contributed by atoms with Crippen LogP contribution in [-0.4, -0.2) is 54.8 Å². The zero-order valence-corrected chi connectivity index (χ0v) is 17.9. The molecule has 3 rings (SSSR count). The number of carbonyl (C=O) groups is 2. The first-order valence-electron chi connectivity index (χ1n) is 10.7. The highest BCUT2D eigenvalue weighted by molar-refractivity contribution is 5.81. The van der Waals surface area contributed by atoms with E-state index in [0.29, 0.717) is 12.0 Å². The van der Waals surface area contributed by atoms with Crippen LogP contribution < -0.4 is 5.11 Å². The molecule has 0 aromatic heterocycles. The van der Waals surface area contributed by atoms with Crippen molar-refractivity contribution in [1.29, 1.82) is 0 Å². The van der Waals surface area contributed by atoms with Gasteiger partial charge in [0.15, 0.2) is 11.7 Å². The lowest BCUT2D eigenvalue weighted by molar-refractivity contribution is -0.879. The van der Waals surface area contributed by atoms with E-state index in [1.54, 1.807) is 6.92 Å². The molecule has 1 aliphatic carbocycles. The molecule has 1 heterocycles. The predicted molar refractivity (Wildman–Crippen MR) is 109 cm³/mol. The van der Waals surface area contributed by atoms with Crippen LogP contribution >= 0.6 is 0 Å². The van der Waals surface area contributed by atoms with Gasteiger partial charge < -0.3 is 24.2 Å². The van der Waals surface area contributed by atoms with Gasteiger partial charge in [-0.15, -0.1) is 0 Å². The van der Waals surface area contributed by atoms with Crippen LogP contribution in [-0.2, 0) is 19.9 Å². The molecule has 1 aromatic carbocycles. The number of aliphatic hydroxyl groups is 1. The van der Waals surface area contributed by atoms with Crippen LogP contribution in [0, 0.1) is 5.92 Å². The largest absolute Gasteiger partial charge is 0.550 e. The van der Waals surface area contributed by atoms with Gasteiger partial charge in [-0.2, -0.15) is 0 Å². The number of nitrogens with zero attached hydrogens (tertiary/aromatic N) is 1. The highest BCUT2D eigenvalue weighted by atomic mass is 16.6. The molecule has 0 amide bonds. The van der Waals surface area contributed by atoms with Gasteiger partial charge in [0.2, 0.25) is 0 Å². The van der Waals surface area contributed by atoms with Crippen LogP contribution in [0.1, 0.15) is 57.4 Å². The van der Waals surface area contributed by atoms with Gasteiger partial charge in [-0.3, -0.25) is 0 Å². The van der Waals surface area contributed by atoms with E-state index >= 15 is 0 Å². The molecule has 6 nitrogen and oxygen atoms in total. The Labute approximate surface area is 174 Å². The molecule has 29 heavy (non-hydrogen) atoms. The quantitative estimate of drug-likeness (QED) is 0.578. The number of aliphatic carboxylic acids is 1. The maximum absolute atomic E-state index is 12.9. The molecule has 0 radical (unpaired) electrons. The minimum atomic E-state index is -1.50. The lowest BCUT2D eigenvalue weighted by atomic mass is 9.80. The van der Waals surface area contributed by atoms with Crippen molar-refractivity contribution in [3.8, 4) is 0 Å². The fraction of sp³-hybridized carbons (Fsp3) is 0.652. The average Bonchev–Trinajstić information content (AvgIpc) is 3.32. The summed E-state index contributed by atoms with van der Waals surface area (Å²) in [4.78, 5) is 22.4. The van der Waals surface area contributed by atoms with Crippen molar-refractivity contribution >= 4 is 11.9 Å². The number of carboxylic acids is 1. The highest BCUT2D eigenvalue weighted by Gasteiger charge is 2.49. The third-order valence-corrected chi connectivity index (χ3v) is 5.95. The fourth-order valence-electron chi connectivity index (χ4n) is 4.32. The van der Waals surface area contributed by atoms with Gasteiger partial charge in [-0.25, -0.2) is 4.79 Å². The number of hydrogen-bond donors (Lipinski definition) is 1. The molecule has 6 heteroatoms. The number of rotatable bonds is 6. The van der Waals surface area contributed by atoms with E-state index in [-0.39, 0.29) is 18.4 Å². The zero-order valence-electron chi connectivity index (χ0n) is 17.9. The van der Waals surface area contributed by atoms with E-state index in [0.717, 1.165) is 49.7 Å². The predicted octanol–water partition coefficient (Wildman–Crippen LogP) is 1.99. The summed E-state index contributed by atoms with van der Waals surface area (Å²) in [6.45, 7) is 3.63. The smallest absolute Gasteiger partial charge is 0.343 e. The van der Waals surface area contributed by atoms with Gasteiger partial charge in [0.25, 0.3) is 0 Å². The molecule has 162 valence electrons. The molecule has 2 fully saturated rings. The van der Waals surface area contributed by atoms with Crippen molar-refractivity contribution in [2.75, 3.05) is 27.2 Å². The summed E-state index contributed by atoms with van der Waals surface area (Å²) in [5.74, 6) is -1.46. The first-order chi connectivity index (χ1) is 13.7. The summed E-state index contributed by atoms with van der Waals surface area (Å²) in [7, 11) is 4.29. The van der Waals surface area contributed by atoms with Crippen LogP contribution in [0.5, 0.6) is 0 Å². The van der Waals surface area contributed by atoms with Gasteiger partial charge in [0, 0.05) is 18.3 Å². The van der Waals surface area contributed by atoms with E-state index in [1.807, 2.05) is 30.3 Å². The number of quaternary nitrogens is 1. The van der Waals surface area contributed by atoms with E-state index in [2.05, 4.69) is 14.1 Å². The summed E-state index contributed by atoms with van der Waals surface area (Å²) in [5, 5.41) is 20.8. The number of carbonyl (C=O) groups excluding carboxylic acids is 2. The molecule has 1 aliphatic heterocycles. The monoisotopic (exact) mass is 405 g/mol. The molecule has 2 aliphatic rings. The second-order valence-electron chi connectivity index (χ2n) is 8.89. The Morgan fingerprint density at radius 3 is 2.24 bits per heavy atom. The second-order valence-corrected chi connectivity index (χ2v) is 8.89. The van der Waals surface area contributed by atoms with Crippen LogP contribution in [0.25, 0.3) is 0 Å². The Balaban J connectivity index is 0.000000438. The maximum atomic E-state index is 12.9. The molecule has 2 atom stereocenters. The van der Waals surface area contributed by atoms with E-state index in [1.165, 1.54) is 0 Å². The second kappa shape index (κ2) is 10.2. The van der Waals surface area contributed by atoms with Crippen molar-refractivity contribution in [3.63, 3.8) is 0 Å². The number of hydrogen-bond acceptors (Lipinski definition) is 5. The van der Waals surface area contributed by atoms with Crippen molar-refractivity contribution in [2.45, 2.75) is 63.6 Å². The Morgan fingerprint density at radius 2 is 1.79 bits per heavy atom. The number of esters is 1. The SMILES string of the molecule is CCCC(=O)[O-].C[N+]1(C)CCC(OC(=O)C(O)(c2ccccc2)C2CCCC2)C1. The molecule has 0 bridgehead atoms. The lowest BCUT2D eigenvalue weighted by Gasteiger charge is -2.33. The summed E-state index contributed by atoms with van der Waals surface area (Å²) in [6, 6.07) is 9.33. The molecule has 1 saturated carbocycles. The maximum Gasteiger partial charge on any atom is 0.343 e. The van der Waals surface area contributed by atoms with E-state index < -0.39 is 17.5 Å². The first-order valence-corrected chi connectivity index (χ1v) is 10.7. The van der Waals surface area contributed by atoms with E-state index in [9.17, 15) is 19.8 Å². The Kier molecular flexibility index (Phi) is 8.23. The van der Waals surface area contributed by atoms with Gasteiger partial charge >= 0.3 is 5.97 Å². The Hall–Kier alpha value is -1.92. The van der Waals surface area contributed by atoms with Gasteiger partial charge in [-0.1, -0.05) is 56.5 Å². The molecular formula is C23H35NO5. The van der Waals surface area contributed by atoms with Gasteiger partial charge in [-0.05, 0) is 24.8 Å². The summed E-state index contributed by atoms with van der Waals surface area (Å²) >= 11 is 0. The standard InChI is InChI=1S/C19H28NO3.C4H8O2/c1-20(2)13-12-17(14-20)23-18(21)19(22,16-10-6-7-11-16)15-8-4-3-5-9-15;1-2-3-4(5)6/h3-5,8-9,16-17,22H,6-7,10-14H2,1-2H3;2-3H2,1H3,(H,5,6)/q+1;/p-1. The van der Waals surface area contributed by atoms with Crippen LogP contribution in [0.2, 0.25) is 0 Å². The Morgan fingerprint density at radius 1 is 1.17 bits per heavy atom. The average molecular weight is 406 g/mol. The van der Waals surface area contributed by atoms with Crippen LogP contribution in [0.4, 0.5) is 0 Å². The first kappa shape index (κ1) is 23.4. The Bertz CT molecular complexity index is 669. The van der Waals surface area contributed by atoms with Crippen molar-refractivity contribution < 1.29 is 29.0 Å². The number of carboxylic acid groups (broad SMARTS) is 1. The summed E-state index contributed by atoms with van der Waals surface area (Å²) < 4.78 is 6.64. The minimum absolute atomic E-state index is 0.0405. The zero-order chi connectivity index (χ0) is 21.5. The van der Waals surface area contributed by atoms with Crippen molar-refractivity contribution in [2.24, 2.45) is 5.92 Å². The van der Waals surface area contributed by atoms with Crippen molar-refractivity contribution in [3.05, 3.63) is 35.9 Å². The minimum Gasteiger partial charge on any atom is -0.550 e. The van der Waals surface area contributed by atoms with E-state index in [4.69, 9.17) is 4.74 Å². The number of ether oxygens (including phenoxy) is 1. The molecular weight excluding hydrogens is 370 g/mol. The molecule has 1 N–H and O–H groups in total. The number of likely N-dealkylation sites (N-methyl/N-ethyl adjacent to an activating group) is 1. The number of likely N-dealkylation sites (tertiary alicyclic amines) is 1. The third kappa shape index (κ3) is 6.28. The number of benzene rings is 1. The lowest BCUT2D eigenvalue weighted by Crippen LogP contribution is -2.46. The van der Waals surface area contributed by atoms with Gasteiger partial charge in [0.1, 0.15) is 6.54 Å². The summed E-state index contributed by atoms with van der Waals surface area (Å²) in [5.41, 5.74) is -0.832. The summed E-state index contributed by atoms with van der Waals surface area (Å²) in [6.07, 6.45) is 5.53. The molecule has 1 aromatic rings.